The standard InChI is InChI=1S/C8H14N4S/c1-12(3-4-13-2)8-6-10-7(9)5-11-8/h5-6H,3-4H2,1-2H3,(H2,9,10). The van der Waals surface area contributed by atoms with Crippen LogP contribution in [0.15, 0.2) is 12.4 Å². The molecule has 0 aliphatic carbocycles. The Balaban J connectivity index is 2.55. The lowest BCUT2D eigenvalue weighted by Crippen LogP contribution is -2.21. The van der Waals surface area contributed by atoms with Gasteiger partial charge in [0.15, 0.2) is 0 Å². The van der Waals surface area contributed by atoms with E-state index in [1.807, 2.05) is 18.8 Å². The molecule has 0 saturated carbocycles. The predicted octanol–water partition coefficient (Wildman–Crippen LogP) is 0.858. The largest absolute Gasteiger partial charge is 0.382 e. The minimum absolute atomic E-state index is 0.460. The molecule has 0 bridgehead atoms. The van der Waals surface area contributed by atoms with Gasteiger partial charge in [0, 0.05) is 19.3 Å². The summed E-state index contributed by atoms with van der Waals surface area (Å²) in [5.74, 6) is 2.41. The van der Waals surface area contributed by atoms with E-state index in [0.29, 0.717) is 5.82 Å². The van der Waals surface area contributed by atoms with Gasteiger partial charge in [0.2, 0.25) is 0 Å². The Morgan fingerprint density at radius 1 is 1.46 bits per heavy atom. The number of nitrogen functional groups attached to an aromatic ring is 1. The van der Waals surface area contributed by atoms with Crippen molar-refractivity contribution >= 4 is 23.4 Å². The molecule has 1 rings (SSSR count). The number of hydrogen-bond donors (Lipinski definition) is 1. The number of nitrogens with two attached hydrogens (primary N) is 1. The van der Waals surface area contributed by atoms with Gasteiger partial charge in [0.05, 0.1) is 12.4 Å². The molecule has 0 aromatic carbocycles. The molecule has 1 aromatic rings. The molecule has 0 saturated heterocycles. The van der Waals surface area contributed by atoms with Crippen LogP contribution in [-0.4, -0.2) is 35.6 Å². The van der Waals surface area contributed by atoms with Crippen LogP contribution in [0.25, 0.3) is 0 Å². The summed E-state index contributed by atoms with van der Waals surface area (Å²) < 4.78 is 0. The molecule has 2 N–H and O–H groups in total. The molecule has 0 amide bonds. The van der Waals surface area contributed by atoms with Gasteiger partial charge in [-0.3, -0.25) is 0 Å². The highest BCUT2D eigenvalue weighted by Crippen LogP contribution is 2.07. The molecule has 0 radical (unpaired) electrons. The van der Waals surface area contributed by atoms with E-state index in [0.717, 1.165) is 18.1 Å². The van der Waals surface area contributed by atoms with Gasteiger partial charge in [-0.1, -0.05) is 0 Å². The molecule has 5 heteroatoms. The van der Waals surface area contributed by atoms with Crippen molar-refractivity contribution in [3.63, 3.8) is 0 Å². The van der Waals surface area contributed by atoms with Crippen molar-refractivity contribution in [1.82, 2.24) is 9.97 Å². The summed E-state index contributed by atoms with van der Waals surface area (Å²) in [5.41, 5.74) is 5.43. The molecule has 72 valence electrons. The third-order valence-corrected chi connectivity index (χ3v) is 2.27. The molecule has 13 heavy (non-hydrogen) atoms. The smallest absolute Gasteiger partial charge is 0.147 e. The van der Waals surface area contributed by atoms with Crippen molar-refractivity contribution in [3.8, 4) is 0 Å². The molecule has 1 aromatic heterocycles. The summed E-state index contributed by atoms with van der Waals surface area (Å²) in [6.07, 6.45) is 5.35. The lowest BCUT2D eigenvalue weighted by atomic mass is 10.5. The average molecular weight is 198 g/mol. The molecule has 0 aliphatic heterocycles. The van der Waals surface area contributed by atoms with E-state index < -0.39 is 0 Å². The van der Waals surface area contributed by atoms with E-state index in [9.17, 15) is 0 Å². The maximum atomic E-state index is 5.43. The second-order valence-corrected chi connectivity index (χ2v) is 3.70. The second-order valence-electron chi connectivity index (χ2n) is 2.71. The van der Waals surface area contributed by atoms with Crippen molar-refractivity contribution in [3.05, 3.63) is 12.4 Å². The fraction of sp³-hybridized carbons (Fsp3) is 0.500. The summed E-state index contributed by atoms with van der Waals surface area (Å²) in [5, 5.41) is 0. The van der Waals surface area contributed by atoms with Gasteiger partial charge < -0.3 is 10.6 Å². The number of thioether (sulfide) groups is 1. The fourth-order valence-electron chi connectivity index (χ4n) is 0.871. The van der Waals surface area contributed by atoms with E-state index >= 15 is 0 Å². The molecule has 0 atom stereocenters. The van der Waals surface area contributed by atoms with E-state index in [1.165, 1.54) is 0 Å². The van der Waals surface area contributed by atoms with E-state index in [4.69, 9.17) is 5.73 Å². The molecular formula is C8H14N4S. The molecular weight excluding hydrogens is 184 g/mol. The van der Waals surface area contributed by atoms with Crippen molar-refractivity contribution in [2.45, 2.75) is 0 Å². The lowest BCUT2D eigenvalue weighted by molar-refractivity contribution is 0.937. The third-order valence-electron chi connectivity index (χ3n) is 1.68. The van der Waals surface area contributed by atoms with Crippen LogP contribution >= 0.6 is 11.8 Å². The molecule has 0 fully saturated rings. The van der Waals surface area contributed by atoms with E-state index in [1.54, 1.807) is 12.4 Å². The number of anilines is 2. The van der Waals surface area contributed by atoms with E-state index in [2.05, 4.69) is 21.1 Å². The number of aromatic nitrogens is 2. The molecule has 0 unspecified atom stereocenters. The predicted molar refractivity (Wildman–Crippen MR) is 58.1 cm³/mol. The van der Waals surface area contributed by atoms with E-state index in [-0.39, 0.29) is 0 Å². The third kappa shape index (κ3) is 3.10. The zero-order valence-corrected chi connectivity index (χ0v) is 8.71. The van der Waals surface area contributed by atoms with Crippen LogP contribution in [0.3, 0.4) is 0 Å². The Kier molecular flexibility index (Phi) is 3.82. The van der Waals surface area contributed by atoms with Crippen molar-refractivity contribution in [1.29, 1.82) is 0 Å². The summed E-state index contributed by atoms with van der Waals surface area (Å²) in [6.45, 7) is 0.972. The van der Waals surface area contributed by atoms with Crippen molar-refractivity contribution < 1.29 is 0 Å². The lowest BCUT2D eigenvalue weighted by Gasteiger charge is -2.16. The van der Waals surface area contributed by atoms with Gasteiger partial charge in [-0.15, -0.1) is 0 Å². The van der Waals surface area contributed by atoms with Crippen LogP contribution in [-0.2, 0) is 0 Å². The molecule has 1 heterocycles. The van der Waals surface area contributed by atoms with Crippen LogP contribution in [0.2, 0.25) is 0 Å². The highest BCUT2D eigenvalue weighted by molar-refractivity contribution is 7.98. The summed E-state index contributed by atoms with van der Waals surface area (Å²) >= 11 is 1.81. The van der Waals surface area contributed by atoms with Gasteiger partial charge in [0.1, 0.15) is 11.6 Å². The zero-order chi connectivity index (χ0) is 9.68. The van der Waals surface area contributed by atoms with Gasteiger partial charge >= 0.3 is 0 Å². The van der Waals surface area contributed by atoms with Crippen LogP contribution in [0.1, 0.15) is 0 Å². The maximum absolute atomic E-state index is 5.43. The number of rotatable bonds is 4. The Bertz CT molecular complexity index is 249. The normalized spacial score (nSPS) is 10.0. The SMILES string of the molecule is CSCCN(C)c1cnc(N)cn1. The summed E-state index contributed by atoms with van der Waals surface area (Å²) in [4.78, 5) is 10.2. The van der Waals surface area contributed by atoms with Crippen molar-refractivity contribution in [2.75, 3.05) is 36.2 Å². The fourth-order valence-corrected chi connectivity index (χ4v) is 1.33. The first-order chi connectivity index (χ1) is 6.24. The van der Waals surface area contributed by atoms with Crippen LogP contribution in [0, 0.1) is 0 Å². The van der Waals surface area contributed by atoms with Crippen molar-refractivity contribution in [2.24, 2.45) is 0 Å². The topological polar surface area (TPSA) is 55.0 Å². The second kappa shape index (κ2) is 4.91. The number of nitrogens with zero attached hydrogens (tertiary/aromatic N) is 3. The molecule has 0 aliphatic rings. The van der Waals surface area contributed by atoms with Crippen LogP contribution in [0.5, 0.6) is 0 Å². The zero-order valence-electron chi connectivity index (χ0n) is 7.90. The minimum atomic E-state index is 0.460. The first-order valence-corrected chi connectivity index (χ1v) is 5.41. The molecule has 0 spiro atoms. The first-order valence-electron chi connectivity index (χ1n) is 4.01. The maximum Gasteiger partial charge on any atom is 0.147 e. The van der Waals surface area contributed by atoms with Crippen LogP contribution < -0.4 is 10.6 Å². The Hall–Kier alpha value is -0.970. The quantitative estimate of drug-likeness (QED) is 0.777. The highest BCUT2D eigenvalue weighted by atomic mass is 32.2. The Morgan fingerprint density at radius 2 is 2.23 bits per heavy atom. The Labute approximate surface area is 82.6 Å². The summed E-state index contributed by atoms with van der Waals surface area (Å²) in [6, 6.07) is 0. The van der Waals surface area contributed by atoms with Gasteiger partial charge in [-0.05, 0) is 6.26 Å². The number of hydrogen-bond acceptors (Lipinski definition) is 5. The monoisotopic (exact) mass is 198 g/mol. The minimum Gasteiger partial charge on any atom is -0.382 e. The van der Waals surface area contributed by atoms with Gasteiger partial charge in [-0.2, -0.15) is 11.8 Å². The average Bonchev–Trinajstić information content (AvgIpc) is 2.15. The summed E-state index contributed by atoms with van der Waals surface area (Å²) in [7, 11) is 2.00. The molecule has 4 nitrogen and oxygen atoms in total. The van der Waals surface area contributed by atoms with Gasteiger partial charge in [0.25, 0.3) is 0 Å². The Morgan fingerprint density at radius 3 is 2.77 bits per heavy atom. The first kappa shape index (κ1) is 10.1. The highest BCUT2D eigenvalue weighted by Gasteiger charge is 2.00. The van der Waals surface area contributed by atoms with Gasteiger partial charge in [-0.25, -0.2) is 9.97 Å². The van der Waals surface area contributed by atoms with Crippen LogP contribution in [0.4, 0.5) is 11.6 Å².